The van der Waals surface area contributed by atoms with E-state index in [4.69, 9.17) is 67.1 Å². The van der Waals surface area contributed by atoms with Gasteiger partial charge in [0.2, 0.25) is 23.6 Å². The summed E-state index contributed by atoms with van der Waals surface area (Å²) in [6.45, 7) is 15.3. The highest BCUT2D eigenvalue weighted by atomic mass is 16.6. The summed E-state index contributed by atoms with van der Waals surface area (Å²) in [5.41, 5.74) is 9.80. The van der Waals surface area contributed by atoms with Crippen LogP contribution in [-0.4, -0.2) is 231 Å². The first-order valence-corrected chi connectivity index (χ1v) is 27.8. The van der Waals surface area contributed by atoms with Crippen molar-refractivity contribution in [2.45, 2.75) is 83.8 Å². The zero-order valence-electron chi connectivity index (χ0n) is 47.6. The van der Waals surface area contributed by atoms with Gasteiger partial charge >= 0.3 is 5.97 Å². The molecule has 1 heterocycles. The number of para-hydroxylation sites is 1. The number of hydrogen-bond acceptors (Lipinski definition) is 19. The van der Waals surface area contributed by atoms with Crippen LogP contribution in [0.25, 0.3) is 21.3 Å². The van der Waals surface area contributed by atoms with Crippen LogP contribution in [0.1, 0.15) is 71.3 Å². The van der Waals surface area contributed by atoms with Gasteiger partial charge < -0.3 is 87.8 Å². The number of aromatic amines is 1. The Morgan fingerprint density at radius 2 is 0.963 bits per heavy atom. The lowest BCUT2D eigenvalue weighted by atomic mass is 10.1. The summed E-state index contributed by atoms with van der Waals surface area (Å²) >= 11 is 0. The number of H-pyrrole nitrogens is 1. The fourth-order valence-corrected chi connectivity index (χ4v) is 6.97. The number of carbonyl (C=O) groups excluding carboxylic acids is 5. The largest absolute Gasteiger partial charge is 0.460 e. The molecule has 1 aromatic carbocycles. The zero-order valence-corrected chi connectivity index (χ0v) is 47.6. The van der Waals surface area contributed by atoms with Crippen molar-refractivity contribution in [2.24, 2.45) is 5.11 Å². The third kappa shape index (κ3) is 42.8. The van der Waals surface area contributed by atoms with E-state index in [1.807, 2.05) is 24.4 Å². The number of rotatable bonds is 55. The Labute approximate surface area is 471 Å². The molecule has 0 aliphatic heterocycles. The topological polar surface area (TPSA) is 318 Å². The van der Waals surface area contributed by atoms with Crippen LogP contribution >= 0.6 is 0 Å². The quantitative estimate of drug-likeness (QED) is 0.0209. The summed E-state index contributed by atoms with van der Waals surface area (Å²) in [7, 11) is 0. The highest BCUT2D eigenvalue weighted by Gasteiger charge is 2.24. The van der Waals surface area contributed by atoms with Crippen LogP contribution in [0.2, 0.25) is 0 Å². The minimum atomic E-state index is -0.974. The molecule has 0 saturated heterocycles. The molecule has 4 amide bonds. The summed E-state index contributed by atoms with van der Waals surface area (Å²) in [6, 6.07) is 7.14. The van der Waals surface area contributed by atoms with Gasteiger partial charge in [0.15, 0.2) is 0 Å². The van der Waals surface area contributed by atoms with Gasteiger partial charge in [-0.25, -0.2) is 0 Å². The Hall–Kier alpha value is -5.06. The fourth-order valence-electron chi connectivity index (χ4n) is 6.97. The number of azide groups is 1. The van der Waals surface area contributed by atoms with E-state index in [1.165, 1.54) is 10.9 Å². The van der Waals surface area contributed by atoms with Crippen LogP contribution in [0.5, 0.6) is 0 Å². The minimum Gasteiger partial charge on any atom is -0.460 e. The molecule has 0 fully saturated rings. The molecule has 0 unspecified atom stereocenters. The molecule has 0 saturated carbocycles. The van der Waals surface area contributed by atoms with Crippen LogP contribution in [0.4, 0.5) is 0 Å². The smallest absolute Gasteiger partial charge is 0.306 e. The first kappa shape index (κ1) is 71.0. The molecule has 2 rings (SSSR count). The molecule has 0 spiro atoms. The second-order valence-electron chi connectivity index (χ2n) is 18.6. The molecule has 80 heavy (non-hydrogen) atoms. The molecule has 26 heteroatoms. The number of hydrogen-bond donors (Lipinski definition) is 5. The van der Waals surface area contributed by atoms with Crippen LogP contribution in [0.3, 0.4) is 0 Å². The number of nitrogens with one attached hydrogen (secondary N) is 5. The summed E-state index contributed by atoms with van der Waals surface area (Å²) in [6.07, 6.45) is 4.86. The molecule has 0 aliphatic rings. The Morgan fingerprint density at radius 1 is 0.525 bits per heavy atom. The molecule has 5 N–H and O–H groups in total. The molecule has 2 aromatic rings. The normalized spacial score (nSPS) is 11.8. The molecule has 1 atom stereocenters. The van der Waals surface area contributed by atoms with Gasteiger partial charge in [-0.05, 0) is 63.6 Å². The van der Waals surface area contributed by atoms with Crippen molar-refractivity contribution >= 4 is 40.5 Å². The standard InChI is InChI=1S/C54H92N8O18/c1-54(2,3)80-52(66)14-13-48(61-51(65)15-20-68-24-28-72-32-36-76-38-40-78-42-43-79-41-39-77-37-35-75-31-27-71-23-19-60-62-55)53(67)58-18-22-70-26-30-74-34-33-73-29-25-69-21-17-57-50(64)12-7-16-56-49(63)11-6-8-45-44-59-47-10-5-4-9-46(45)47/h4-5,9-10,44,48,59H,6-8,11-43H2,1-3H3,(H,56,63)(H,57,64)(H,58,67)(H,61,65)/t48-/m1/s1. The van der Waals surface area contributed by atoms with E-state index in [0.29, 0.717) is 171 Å². The molecular formula is C54H92N8O18. The zero-order chi connectivity index (χ0) is 57.8. The second kappa shape index (κ2) is 49.7. The van der Waals surface area contributed by atoms with Crippen molar-refractivity contribution in [3.05, 3.63) is 46.5 Å². The number of ether oxygens (including phenoxy) is 13. The van der Waals surface area contributed by atoms with Crippen molar-refractivity contribution < 1.29 is 85.6 Å². The van der Waals surface area contributed by atoms with Gasteiger partial charge in [0.05, 0.1) is 159 Å². The maximum Gasteiger partial charge on any atom is 0.306 e. The monoisotopic (exact) mass is 1140 g/mol. The molecule has 26 nitrogen and oxygen atoms in total. The summed E-state index contributed by atoms with van der Waals surface area (Å²) in [5, 5.41) is 15.7. The fraction of sp³-hybridized carbons (Fsp3) is 0.759. The van der Waals surface area contributed by atoms with Crippen LogP contribution in [0.15, 0.2) is 35.6 Å². The minimum absolute atomic E-state index is 0.000948. The molecule has 1 aromatic heterocycles. The maximum atomic E-state index is 13.1. The Balaban J connectivity index is 1.38. The van der Waals surface area contributed by atoms with E-state index < -0.39 is 29.4 Å². The number of benzene rings is 1. The number of aryl methyl sites for hydroxylation is 1. The second-order valence-corrected chi connectivity index (χ2v) is 18.6. The van der Waals surface area contributed by atoms with E-state index in [1.54, 1.807) is 20.8 Å². The van der Waals surface area contributed by atoms with Crippen molar-refractivity contribution in [3.63, 3.8) is 0 Å². The average molecular weight is 1140 g/mol. The van der Waals surface area contributed by atoms with Gasteiger partial charge in [0, 0.05) is 73.9 Å². The molecular weight excluding hydrogens is 1050 g/mol. The number of amides is 4. The van der Waals surface area contributed by atoms with Gasteiger partial charge in [-0.3, -0.25) is 24.0 Å². The summed E-state index contributed by atoms with van der Waals surface area (Å²) in [4.78, 5) is 68.5. The molecule has 0 radical (unpaired) electrons. The Bertz CT molecular complexity index is 1950. The van der Waals surface area contributed by atoms with E-state index in [2.05, 4.69) is 42.3 Å². The van der Waals surface area contributed by atoms with Crippen molar-refractivity contribution in [2.75, 3.05) is 185 Å². The maximum absolute atomic E-state index is 13.1. The lowest BCUT2D eigenvalue weighted by molar-refractivity contribution is -0.155. The van der Waals surface area contributed by atoms with Crippen molar-refractivity contribution in [1.29, 1.82) is 0 Å². The van der Waals surface area contributed by atoms with Gasteiger partial charge in [-0.2, -0.15) is 0 Å². The van der Waals surface area contributed by atoms with Gasteiger partial charge in [-0.15, -0.1) is 0 Å². The van der Waals surface area contributed by atoms with Crippen LogP contribution < -0.4 is 21.3 Å². The highest BCUT2D eigenvalue weighted by Crippen LogP contribution is 2.19. The third-order valence-electron chi connectivity index (χ3n) is 10.8. The Kier molecular flexibility index (Phi) is 44.2. The molecule has 0 aliphatic carbocycles. The van der Waals surface area contributed by atoms with Crippen molar-refractivity contribution in [1.82, 2.24) is 26.3 Å². The lowest BCUT2D eigenvalue weighted by Gasteiger charge is -2.21. The predicted octanol–water partition coefficient (Wildman–Crippen LogP) is 3.13. The highest BCUT2D eigenvalue weighted by molar-refractivity contribution is 5.88. The van der Waals surface area contributed by atoms with Gasteiger partial charge in [0.1, 0.15) is 11.6 Å². The van der Waals surface area contributed by atoms with E-state index in [0.717, 1.165) is 18.4 Å². The van der Waals surface area contributed by atoms with Gasteiger partial charge in [0.25, 0.3) is 0 Å². The summed E-state index contributed by atoms with van der Waals surface area (Å²) in [5.74, 6) is -1.46. The molecule has 456 valence electrons. The SMILES string of the molecule is CC(C)(C)OC(=O)CC[C@@H](NC(=O)CCOCCOCCOCCOCCOCCOCCOCCOCCN=[N+]=[N-])C(=O)NCCOCCOCCOCCOCCNC(=O)CCCNC(=O)CCCc1c[nH]c2ccccc12. The number of nitrogens with zero attached hydrogens (tertiary/aromatic N) is 3. The van der Waals surface area contributed by atoms with Crippen molar-refractivity contribution in [3.8, 4) is 0 Å². The third-order valence-corrected chi connectivity index (χ3v) is 10.8. The van der Waals surface area contributed by atoms with E-state index >= 15 is 0 Å². The number of fused-ring (bicyclic) bond motifs is 1. The number of carbonyl (C=O) groups is 5. The van der Waals surface area contributed by atoms with Crippen LogP contribution in [-0.2, 0) is 92.0 Å². The lowest BCUT2D eigenvalue weighted by Crippen LogP contribution is -2.48. The first-order valence-electron chi connectivity index (χ1n) is 27.8. The average Bonchev–Trinajstić information content (AvgIpc) is 3.85. The number of esters is 1. The van der Waals surface area contributed by atoms with Crippen LogP contribution in [0, 0.1) is 0 Å². The summed E-state index contributed by atoms with van der Waals surface area (Å²) < 4.78 is 71.1. The van der Waals surface area contributed by atoms with Gasteiger partial charge in [-0.1, -0.05) is 23.3 Å². The number of aromatic nitrogens is 1. The van der Waals surface area contributed by atoms with E-state index in [9.17, 15) is 24.0 Å². The molecule has 0 bridgehead atoms. The predicted molar refractivity (Wildman–Crippen MR) is 295 cm³/mol. The Morgan fingerprint density at radius 3 is 1.46 bits per heavy atom. The van der Waals surface area contributed by atoms with E-state index in [-0.39, 0.29) is 64.0 Å². The first-order chi connectivity index (χ1) is 39.0.